The molecule has 0 fully saturated rings. The Morgan fingerprint density at radius 2 is 1.93 bits per heavy atom. The number of hydrogen-bond acceptors (Lipinski definition) is 2. The molecule has 0 heterocycles. The lowest BCUT2D eigenvalue weighted by molar-refractivity contribution is -0.115. The summed E-state index contributed by atoms with van der Waals surface area (Å²) in [5.74, 6) is -0.0313. The molecule has 5 heteroatoms. The molecular weight excluding hydrogens is 312 g/mol. The lowest BCUT2D eigenvalue weighted by atomic mass is 10.3. The highest BCUT2D eigenvalue weighted by atomic mass is 79.9. The largest absolute Gasteiger partial charge is 0.399 e. The Balaban J connectivity index is 3.02. The Morgan fingerprint density at radius 1 is 1.43 bits per heavy atom. The van der Waals surface area contributed by atoms with Crippen molar-refractivity contribution in [3.63, 3.8) is 0 Å². The molecule has 0 spiro atoms. The van der Waals surface area contributed by atoms with Crippen molar-refractivity contribution in [2.45, 2.75) is 13.3 Å². The molecule has 0 atom stereocenters. The van der Waals surface area contributed by atoms with E-state index in [-0.39, 0.29) is 5.91 Å². The summed E-state index contributed by atoms with van der Waals surface area (Å²) in [5.41, 5.74) is 6.97. The van der Waals surface area contributed by atoms with Crippen molar-refractivity contribution in [3.05, 3.63) is 21.1 Å². The molecule has 0 aromatic heterocycles. The normalized spacial score (nSPS) is 9.93. The Labute approximate surface area is 99.3 Å². The van der Waals surface area contributed by atoms with E-state index >= 15 is 0 Å². The molecule has 1 rings (SSSR count). The number of nitrogens with one attached hydrogen (secondary N) is 1. The molecular formula is C9H10Br2N2O. The monoisotopic (exact) mass is 320 g/mol. The number of halogens is 2. The number of amides is 1. The van der Waals surface area contributed by atoms with E-state index < -0.39 is 0 Å². The van der Waals surface area contributed by atoms with Crippen molar-refractivity contribution in [3.8, 4) is 0 Å². The number of nitrogens with two attached hydrogens (primary N) is 1. The fraction of sp³-hybridized carbons (Fsp3) is 0.222. The highest BCUT2D eigenvalue weighted by Gasteiger charge is 2.08. The molecule has 3 N–H and O–H groups in total. The molecule has 0 aliphatic rings. The molecule has 3 nitrogen and oxygen atoms in total. The van der Waals surface area contributed by atoms with Gasteiger partial charge < -0.3 is 11.1 Å². The summed E-state index contributed by atoms with van der Waals surface area (Å²) in [4.78, 5) is 11.2. The van der Waals surface area contributed by atoms with Gasteiger partial charge in [-0.2, -0.15) is 0 Å². The van der Waals surface area contributed by atoms with Crippen LogP contribution in [0.3, 0.4) is 0 Å². The van der Waals surface area contributed by atoms with Crippen LogP contribution in [0.1, 0.15) is 13.3 Å². The first-order chi connectivity index (χ1) is 6.54. The van der Waals surface area contributed by atoms with Gasteiger partial charge in [0.15, 0.2) is 0 Å². The van der Waals surface area contributed by atoms with E-state index in [1.165, 1.54) is 0 Å². The van der Waals surface area contributed by atoms with E-state index in [0.29, 0.717) is 17.8 Å². The summed E-state index contributed by atoms with van der Waals surface area (Å²) in [6.07, 6.45) is 0.448. The lowest BCUT2D eigenvalue weighted by Gasteiger charge is -2.09. The standard InChI is InChI=1S/C9H10Br2N2O/c1-2-8(14)13-9-6(10)3-5(12)4-7(9)11/h3-4H,2,12H2,1H3,(H,13,14). The van der Waals surface area contributed by atoms with Crippen molar-refractivity contribution >= 4 is 49.1 Å². The van der Waals surface area contributed by atoms with Gasteiger partial charge in [0.1, 0.15) is 0 Å². The molecule has 0 unspecified atom stereocenters. The molecule has 1 amide bonds. The summed E-state index contributed by atoms with van der Waals surface area (Å²) in [6, 6.07) is 3.49. The maximum absolute atomic E-state index is 11.2. The maximum Gasteiger partial charge on any atom is 0.224 e. The minimum Gasteiger partial charge on any atom is -0.399 e. The van der Waals surface area contributed by atoms with E-state index in [1.54, 1.807) is 19.1 Å². The number of nitrogen functional groups attached to an aromatic ring is 1. The summed E-state index contributed by atoms with van der Waals surface area (Å²) in [5, 5.41) is 2.77. The fourth-order valence-electron chi connectivity index (χ4n) is 0.940. The highest BCUT2D eigenvalue weighted by molar-refractivity contribution is 9.11. The zero-order chi connectivity index (χ0) is 10.7. The van der Waals surface area contributed by atoms with E-state index in [9.17, 15) is 4.79 Å². The van der Waals surface area contributed by atoms with Gasteiger partial charge in [-0.05, 0) is 44.0 Å². The molecule has 0 aliphatic heterocycles. The maximum atomic E-state index is 11.2. The number of carbonyl (C=O) groups excluding carboxylic acids is 1. The fourth-order valence-corrected chi connectivity index (χ4v) is 2.36. The zero-order valence-electron chi connectivity index (χ0n) is 7.60. The topological polar surface area (TPSA) is 55.1 Å². The number of rotatable bonds is 2. The van der Waals surface area contributed by atoms with Gasteiger partial charge in [-0.3, -0.25) is 4.79 Å². The van der Waals surface area contributed by atoms with Crippen LogP contribution < -0.4 is 11.1 Å². The summed E-state index contributed by atoms with van der Waals surface area (Å²) in [7, 11) is 0. The summed E-state index contributed by atoms with van der Waals surface area (Å²) < 4.78 is 1.54. The third-order valence-corrected chi connectivity index (χ3v) is 2.90. The highest BCUT2D eigenvalue weighted by Crippen LogP contribution is 2.33. The van der Waals surface area contributed by atoms with Crippen molar-refractivity contribution < 1.29 is 4.79 Å². The van der Waals surface area contributed by atoms with Crippen LogP contribution in [-0.4, -0.2) is 5.91 Å². The Kier molecular flexibility index (Phi) is 3.95. The Morgan fingerprint density at radius 3 is 2.36 bits per heavy atom. The van der Waals surface area contributed by atoms with E-state index in [2.05, 4.69) is 37.2 Å². The Bertz CT molecular complexity index is 343. The second-order valence-electron chi connectivity index (χ2n) is 2.76. The number of benzene rings is 1. The molecule has 0 aliphatic carbocycles. The van der Waals surface area contributed by atoms with Gasteiger partial charge in [-0.15, -0.1) is 0 Å². The van der Waals surface area contributed by atoms with Crippen molar-refractivity contribution in [1.29, 1.82) is 0 Å². The van der Waals surface area contributed by atoms with Gasteiger partial charge in [0, 0.05) is 21.1 Å². The van der Waals surface area contributed by atoms with Crippen LogP contribution >= 0.6 is 31.9 Å². The van der Waals surface area contributed by atoms with Crippen LogP contribution in [0.15, 0.2) is 21.1 Å². The van der Waals surface area contributed by atoms with E-state index in [0.717, 1.165) is 8.95 Å². The van der Waals surface area contributed by atoms with Crippen LogP contribution in [-0.2, 0) is 4.79 Å². The Hall–Kier alpha value is -0.550. The van der Waals surface area contributed by atoms with Crippen molar-refractivity contribution in [2.75, 3.05) is 11.1 Å². The van der Waals surface area contributed by atoms with Crippen LogP contribution in [0.2, 0.25) is 0 Å². The van der Waals surface area contributed by atoms with Crippen molar-refractivity contribution in [1.82, 2.24) is 0 Å². The molecule has 1 aromatic carbocycles. The van der Waals surface area contributed by atoms with Crippen LogP contribution in [0.4, 0.5) is 11.4 Å². The van der Waals surface area contributed by atoms with Gasteiger partial charge in [-0.1, -0.05) is 6.92 Å². The van der Waals surface area contributed by atoms with Crippen LogP contribution in [0.25, 0.3) is 0 Å². The molecule has 14 heavy (non-hydrogen) atoms. The first-order valence-corrected chi connectivity index (χ1v) is 5.67. The number of carbonyl (C=O) groups is 1. The zero-order valence-corrected chi connectivity index (χ0v) is 10.8. The smallest absolute Gasteiger partial charge is 0.224 e. The second-order valence-corrected chi connectivity index (χ2v) is 4.47. The first kappa shape index (κ1) is 11.5. The van der Waals surface area contributed by atoms with Gasteiger partial charge in [0.25, 0.3) is 0 Å². The quantitative estimate of drug-likeness (QED) is 0.822. The van der Waals surface area contributed by atoms with Crippen LogP contribution in [0, 0.1) is 0 Å². The number of hydrogen-bond donors (Lipinski definition) is 2. The minimum absolute atomic E-state index is 0.0313. The molecule has 0 saturated heterocycles. The summed E-state index contributed by atoms with van der Waals surface area (Å²) >= 11 is 6.66. The summed E-state index contributed by atoms with van der Waals surface area (Å²) in [6.45, 7) is 1.80. The number of anilines is 2. The predicted molar refractivity (Wildman–Crippen MR) is 65.2 cm³/mol. The van der Waals surface area contributed by atoms with E-state index in [4.69, 9.17) is 5.73 Å². The van der Waals surface area contributed by atoms with Gasteiger partial charge in [0.2, 0.25) is 5.91 Å². The van der Waals surface area contributed by atoms with Gasteiger partial charge in [0.05, 0.1) is 5.69 Å². The average molecular weight is 322 g/mol. The SMILES string of the molecule is CCC(=O)Nc1c(Br)cc(N)cc1Br. The van der Waals surface area contributed by atoms with E-state index in [1.807, 2.05) is 0 Å². The molecule has 1 aromatic rings. The minimum atomic E-state index is -0.0313. The molecule has 0 radical (unpaired) electrons. The average Bonchev–Trinajstić information content (AvgIpc) is 2.10. The molecule has 0 bridgehead atoms. The van der Waals surface area contributed by atoms with Crippen LogP contribution in [0.5, 0.6) is 0 Å². The second kappa shape index (κ2) is 4.79. The van der Waals surface area contributed by atoms with Gasteiger partial charge in [-0.25, -0.2) is 0 Å². The molecule has 0 saturated carbocycles. The molecule has 76 valence electrons. The third-order valence-electron chi connectivity index (χ3n) is 1.65. The predicted octanol–water partition coefficient (Wildman–Crippen LogP) is 3.14. The van der Waals surface area contributed by atoms with Gasteiger partial charge >= 0.3 is 0 Å². The first-order valence-electron chi connectivity index (χ1n) is 4.09. The lowest BCUT2D eigenvalue weighted by Crippen LogP contribution is -2.10. The van der Waals surface area contributed by atoms with Crippen molar-refractivity contribution in [2.24, 2.45) is 0 Å². The third kappa shape index (κ3) is 2.72.